The average molecular weight is 222 g/mol. The number of hydrogen-bond donors (Lipinski definition) is 0. The van der Waals surface area contributed by atoms with Crippen LogP contribution in [0.25, 0.3) is 11.3 Å². The highest BCUT2D eigenvalue weighted by atomic mass is 35.5. The molecule has 2 heterocycles. The van der Waals surface area contributed by atoms with Crippen LogP contribution in [0.3, 0.4) is 0 Å². The maximum atomic E-state index is 5.95. The zero-order chi connectivity index (χ0) is 10.7. The van der Waals surface area contributed by atoms with Crippen LogP contribution in [-0.4, -0.2) is 22.1 Å². The van der Waals surface area contributed by atoms with Gasteiger partial charge in [-0.1, -0.05) is 11.6 Å². The van der Waals surface area contributed by atoms with E-state index in [0.29, 0.717) is 16.6 Å². The highest BCUT2D eigenvalue weighted by molar-refractivity contribution is 6.32. The molecule has 0 radical (unpaired) electrons. The van der Waals surface area contributed by atoms with Gasteiger partial charge in [0.05, 0.1) is 17.8 Å². The van der Waals surface area contributed by atoms with Crippen molar-refractivity contribution >= 4 is 11.6 Å². The van der Waals surface area contributed by atoms with Gasteiger partial charge in [0, 0.05) is 24.0 Å². The number of halogens is 1. The first-order valence-electron chi connectivity index (χ1n) is 4.27. The lowest BCUT2D eigenvalue weighted by Gasteiger charge is -2.02. The zero-order valence-electron chi connectivity index (χ0n) is 8.01. The van der Waals surface area contributed by atoms with Crippen molar-refractivity contribution in [1.82, 2.24) is 15.0 Å². The van der Waals surface area contributed by atoms with Gasteiger partial charge < -0.3 is 4.74 Å². The molecule has 0 aromatic carbocycles. The summed E-state index contributed by atoms with van der Waals surface area (Å²) in [6, 6.07) is 3.60. The van der Waals surface area contributed by atoms with Gasteiger partial charge in [0.15, 0.2) is 0 Å². The van der Waals surface area contributed by atoms with Crippen molar-refractivity contribution in [3.05, 3.63) is 35.9 Å². The number of rotatable bonds is 2. The van der Waals surface area contributed by atoms with Gasteiger partial charge in [0.2, 0.25) is 5.88 Å². The lowest BCUT2D eigenvalue weighted by Crippen LogP contribution is -1.90. The first kappa shape index (κ1) is 9.86. The summed E-state index contributed by atoms with van der Waals surface area (Å²) >= 11 is 5.95. The number of nitrogens with zero attached hydrogens (tertiary/aromatic N) is 3. The van der Waals surface area contributed by atoms with E-state index in [1.54, 1.807) is 25.6 Å². The molecule has 0 spiro atoms. The van der Waals surface area contributed by atoms with Gasteiger partial charge in [-0.2, -0.15) is 0 Å². The number of hydrogen-bond acceptors (Lipinski definition) is 4. The molecule has 0 N–H and O–H groups in total. The summed E-state index contributed by atoms with van der Waals surface area (Å²) in [7, 11) is 1.57. The second kappa shape index (κ2) is 4.23. The molecular formula is C10H8ClN3O. The average Bonchev–Trinajstić information content (AvgIpc) is 2.30. The first-order chi connectivity index (χ1) is 7.31. The second-order valence-corrected chi connectivity index (χ2v) is 3.22. The largest absolute Gasteiger partial charge is 0.481 e. The van der Waals surface area contributed by atoms with E-state index in [0.717, 1.165) is 5.56 Å². The molecule has 4 nitrogen and oxygen atoms in total. The number of pyridine rings is 1. The molecular weight excluding hydrogens is 214 g/mol. The Kier molecular flexibility index (Phi) is 2.78. The van der Waals surface area contributed by atoms with Crippen molar-refractivity contribution in [2.24, 2.45) is 0 Å². The van der Waals surface area contributed by atoms with E-state index in [1.165, 1.54) is 6.33 Å². The minimum absolute atomic E-state index is 0.504. The Morgan fingerprint density at radius 3 is 2.67 bits per heavy atom. The zero-order valence-corrected chi connectivity index (χ0v) is 8.77. The lowest BCUT2D eigenvalue weighted by molar-refractivity contribution is 0.398. The fraction of sp³-hybridized carbons (Fsp3) is 0.100. The SMILES string of the molecule is COc1ccc(-c2ncncc2Cl)cn1. The molecule has 2 rings (SSSR count). The van der Waals surface area contributed by atoms with Crippen molar-refractivity contribution in [3.63, 3.8) is 0 Å². The number of methoxy groups -OCH3 is 1. The Balaban J connectivity index is 2.42. The van der Waals surface area contributed by atoms with E-state index in [1.807, 2.05) is 6.07 Å². The van der Waals surface area contributed by atoms with Crippen LogP contribution in [0.15, 0.2) is 30.9 Å². The van der Waals surface area contributed by atoms with E-state index in [4.69, 9.17) is 16.3 Å². The molecule has 2 aromatic heterocycles. The van der Waals surface area contributed by atoms with E-state index >= 15 is 0 Å². The van der Waals surface area contributed by atoms with Crippen LogP contribution >= 0.6 is 11.6 Å². The highest BCUT2D eigenvalue weighted by Crippen LogP contribution is 2.24. The van der Waals surface area contributed by atoms with Crippen molar-refractivity contribution in [2.45, 2.75) is 0 Å². The molecule has 0 aliphatic rings. The Bertz CT molecular complexity index is 458. The summed E-state index contributed by atoms with van der Waals surface area (Å²) in [6.45, 7) is 0. The Labute approximate surface area is 91.9 Å². The maximum Gasteiger partial charge on any atom is 0.212 e. The van der Waals surface area contributed by atoms with Crippen LogP contribution in [0.4, 0.5) is 0 Å². The maximum absolute atomic E-state index is 5.95. The summed E-state index contributed by atoms with van der Waals surface area (Å²) in [6.07, 6.45) is 4.66. The van der Waals surface area contributed by atoms with E-state index < -0.39 is 0 Å². The van der Waals surface area contributed by atoms with Gasteiger partial charge in [-0.05, 0) is 6.07 Å². The second-order valence-electron chi connectivity index (χ2n) is 2.81. The summed E-state index contributed by atoms with van der Waals surface area (Å²) in [4.78, 5) is 12.0. The summed E-state index contributed by atoms with van der Waals surface area (Å²) < 4.78 is 4.96. The van der Waals surface area contributed by atoms with Crippen molar-refractivity contribution in [1.29, 1.82) is 0 Å². The minimum Gasteiger partial charge on any atom is -0.481 e. The van der Waals surface area contributed by atoms with Crippen LogP contribution in [-0.2, 0) is 0 Å². The van der Waals surface area contributed by atoms with Crippen molar-refractivity contribution in [3.8, 4) is 17.1 Å². The Hall–Kier alpha value is -1.68. The van der Waals surface area contributed by atoms with Crippen LogP contribution in [0.2, 0.25) is 5.02 Å². The molecule has 15 heavy (non-hydrogen) atoms. The summed E-state index contributed by atoms with van der Waals surface area (Å²) in [5, 5.41) is 0.504. The van der Waals surface area contributed by atoms with Gasteiger partial charge in [0.25, 0.3) is 0 Å². The Morgan fingerprint density at radius 2 is 2.07 bits per heavy atom. The molecule has 0 saturated carbocycles. The molecule has 0 bridgehead atoms. The van der Waals surface area contributed by atoms with Crippen LogP contribution in [0.1, 0.15) is 0 Å². The molecule has 2 aromatic rings. The number of aromatic nitrogens is 3. The predicted octanol–water partition coefficient (Wildman–Crippen LogP) is 2.20. The van der Waals surface area contributed by atoms with Crippen LogP contribution < -0.4 is 4.74 Å². The van der Waals surface area contributed by atoms with Crippen molar-refractivity contribution < 1.29 is 4.74 Å². The summed E-state index contributed by atoms with van der Waals surface area (Å²) in [5.74, 6) is 0.559. The molecule has 0 saturated heterocycles. The first-order valence-corrected chi connectivity index (χ1v) is 4.65. The Morgan fingerprint density at radius 1 is 1.20 bits per heavy atom. The molecule has 5 heteroatoms. The van der Waals surface area contributed by atoms with Gasteiger partial charge in [-0.3, -0.25) is 0 Å². The molecule has 0 atom stereocenters. The summed E-state index contributed by atoms with van der Waals surface area (Å²) in [5.41, 5.74) is 1.50. The van der Waals surface area contributed by atoms with Crippen LogP contribution in [0, 0.1) is 0 Å². The van der Waals surface area contributed by atoms with E-state index in [9.17, 15) is 0 Å². The van der Waals surface area contributed by atoms with E-state index in [-0.39, 0.29) is 0 Å². The molecule has 0 aliphatic carbocycles. The fourth-order valence-electron chi connectivity index (χ4n) is 1.17. The third kappa shape index (κ3) is 2.05. The normalized spacial score (nSPS) is 10.0. The van der Waals surface area contributed by atoms with Gasteiger partial charge in [0.1, 0.15) is 6.33 Å². The predicted molar refractivity (Wildman–Crippen MR) is 56.8 cm³/mol. The quantitative estimate of drug-likeness (QED) is 0.780. The van der Waals surface area contributed by atoms with Gasteiger partial charge >= 0.3 is 0 Å². The third-order valence-electron chi connectivity index (χ3n) is 1.89. The molecule has 0 aliphatic heterocycles. The standard InChI is InChI=1S/C10H8ClN3O/c1-15-9-3-2-7(4-13-9)10-8(11)5-12-6-14-10/h2-6H,1H3. The topological polar surface area (TPSA) is 47.9 Å². The van der Waals surface area contributed by atoms with Crippen molar-refractivity contribution in [2.75, 3.05) is 7.11 Å². The fourth-order valence-corrected chi connectivity index (χ4v) is 1.38. The molecule has 0 amide bonds. The number of ether oxygens (including phenoxy) is 1. The highest BCUT2D eigenvalue weighted by Gasteiger charge is 2.05. The molecule has 0 fully saturated rings. The van der Waals surface area contributed by atoms with Crippen LogP contribution in [0.5, 0.6) is 5.88 Å². The van der Waals surface area contributed by atoms with Gasteiger partial charge in [-0.25, -0.2) is 15.0 Å². The van der Waals surface area contributed by atoms with Gasteiger partial charge in [-0.15, -0.1) is 0 Å². The van der Waals surface area contributed by atoms with E-state index in [2.05, 4.69) is 15.0 Å². The minimum atomic E-state index is 0.504. The third-order valence-corrected chi connectivity index (χ3v) is 2.16. The lowest BCUT2D eigenvalue weighted by atomic mass is 10.2. The monoisotopic (exact) mass is 221 g/mol. The molecule has 76 valence electrons. The molecule has 0 unspecified atom stereocenters. The smallest absolute Gasteiger partial charge is 0.212 e.